The number of ether oxygens (including phenoxy) is 2. The van der Waals surface area contributed by atoms with Crippen LogP contribution in [-0.2, 0) is 4.79 Å². The number of hydrogen-bond donors (Lipinski definition) is 1. The summed E-state index contributed by atoms with van der Waals surface area (Å²) in [6, 6.07) is 13.6. The Morgan fingerprint density at radius 1 is 1.10 bits per heavy atom. The van der Waals surface area contributed by atoms with Gasteiger partial charge in [0.15, 0.2) is 16.7 Å². The van der Waals surface area contributed by atoms with Gasteiger partial charge in [0, 0.05) is 0 Å². The molecule has 2 aromatic rings. The Bertz CT molecular complexity index is 961. The molecule has 0 aromatic heterocycles. The summed E-state index contributed by atoms with van der Waals surface area (Å²) < 4.78 is 11.6. The smallest absolute Gasteiger partial charge is 0.264 e. The third kappa shape index (κ3) is 4.82. The van der Waals surface area contributed by atoms with Gasteiger partial charge in [0.25, 0.3) is 5.91 Å². The Balaban J connectivity index is 1.51. The maximum absolute atomic E-state index is 12.3. The summed E-state index contributed by atoms with van der Waals surface area (Å²) in [6.45, 7) is 2.03. The van der Waals surface area contributed by atoms with E-state index >= 15 is 0 Å². The number of benzene rings is 2. The molecule has 6 heteroatoms. The van der Waals surface area contributed by atoms with Crippen molar-refractivity contribution in [1.29, 1.82) is 0 Å². The molecule has 1 amide bonds. The Labute approximate surface area is 175 Å². The molecular formula is C23H24N2O3S. The number of methoxy groups -OCH3 is 1. The molecular weight excluding hydrogens is 384 g/mol. The molecule has 2 fully saturated rings. The average molecular weight is 409 g/mol. The van der Waals surface area contributed by atoms with E-state index in [9.17, 15) is 4.79 Å². The molecule has 0 spiro atoms. The highest BCUT2D eigenvalue weighted by molar-refractivity contribution is 8.18. The van der Waals surface area contributed by atoms with Crippen molar-refractivity contribution in [3.8, 4) is 11.5 Å². The third-order valence-electron chi connectivity index (χ3n) is 5.00. The van der Waals surface area contributed by atoms with Crippen LogP contribution in [0.1, 0.15) is 36.8 Å². The highest BCUT2D eigenvalue weighted by Crippen LogP contribution is 2.34. The molecule has 1 heterocycles. The molecule has 2 aliphatic rings. The van der Waals surface area contributed by atoms with Gasteiger partial charge < -0.3 is 14.8 Å². The minimum absolute atomic E-state index is 0.147. The van der Waals surface area contributed by atoms with E-state index in [0.29, 0.717) is 15.8 Å². The summed E-state index contributed by atoms with van der Waals surface area (Å²) in [6.07, 6.45) is 6.74. The lowest BCUT2D eigenvalue weighted by Crippen LogP contribution is -2.19. The van der Waals surface area contributed by atoms with Crippen LogP contribution in [-0.4, -0.2) is 24.3 Å². The molecule has 150 valence electrons. The number of amidine groups is 1. The first-order chi connectivity index (χ1) is 14.1. The van der Waals surface area contributed by atoms with Crippen LogP contribution >= 0.6 is 11.8 Å². The van der Waals surface area contributed by atoms with Crippen molar-refractivity contribution in [3.05, 3.63) is 58.5 Å². The van der Waals surface area contributed by atoms with Crippen molar-refractivity contribution in [3.63, 3.8) is 0 Å². The molecule has 1 N–H and O–H groups in total. The van der Waals surface area contributed by atoms with Crippen LogP contribution in [0.3, 0.4) is 0 Å². The number of hydrogen-bond acceptors (Lipinski definition) is 5. The maximum Gasteiger partial charge on any atom is 0.264 e. The number of nitrogens with one attached hydrogen (secondary N) is 1. The van der Waals surface area contributed by atoms with Gasteiger partial charge in [-0.3, -0.25) is 4.79 Å². The van der Waals surface area contributed by atoms with Crippen LogP contribution in [0.5, 0.6) is 11.5 Å². The fourth-order valence-corrected chi connectivity index (χ4v) is 4.27. The number of carbonyl (C=O) groups excluding carboxylic acids is 1. The van der Waals surface area contributed by atoms with E-state index in [1.165, 1.54) is 30.2 Å². The number of amides is 1. The standard InChI is InChI=1S/C23H24N2O3S/c1-15-7-10-17(11-8-15)24-23-25-22(26)21(29-23)14-16-9-12-19(20(13-16)27-2)28-18-5-3-4-6-18/h7-14,18H,3-6H2,1-2H3,(H,24,25,26)/b21-14+. The molecule has 1 saturated heterocycles. The summed E-state index contributed by atoms with van der Waals surface area (Å²) in [4.78, 5) is 17.5. The van der Waals surface area contributed by atoms with Gasteiger partial charge in [0.1, 0.15) is 0 Å². The van der Waals surface area contributed by atoms with E-state index in [4.69, 9.17) is 9.47 Å². The van der Waals surface area contributed by atoms with Crippen LogP contribution in [0, 0.1) is 6.92 Å². The minimum atomic E-state index is -0.147. The number of rotatable bonds is 5. The van der Waals surface area contributed by atoms with E-state index in [-0.39, 0.29) is 12.0 Å². The Hall–Kier alpha value is -2.73. The van der Waals surface area contributed by atoms with Crippen molar-refractivity contribution in [2.75, 3.05) is 7.11 Å². The lowest BCUT2D eigenvalue weighted by atomic mass is 10.2. The molecule has 1 saturated carbocycles. The Morgan fingerprint density at radius 3 is 2.59 bits per heavy atom. The molecule has 0 bridgehead atoms. The number of aliphatic imine (C=N–C) groups is 1. The first kappa shape index (κ1) is 19.6. The van der Waals surface area contributed by atoms with Crippen LogP contribution in [0.2, 0.25) is 0 Å². The van der Waals surface area contributed by atoms with Crippen LogP contribution < -0.4 is 14.8 Å². The number of thioether (sulfide) groups is 1. The van der Waals surface area contributed by atoms with E-state index in [1.807, 2.05) is 55.5 Å². The number of aryl methyl sites for hydroxylation is 1. The lowest BCUT2D eigenvalue weighted by molar-refractivity contribution is -0.115. The summed E-state index contributed by atoms with van der Waals surface area (Å²) in [5, 5.41) is 3.41. The van der Waals surface area contributed by atoms with Crippen molar-refractivity contribution in [1.82, 2.24) is 5.32 Å². The SMILES string of the molecule is COc1cc(/C=C2/SC(=Nc3ccc(C)cc3)NC2=O)ccc1OC1CCCC1. The molecule has 5 nitrogen and oxygen atoms in total. The predicted molar refractivity (Wildman–Crippen MR) is 118 cm³/mol. The van der Waals surface area contributed by atoms with E-state index in [2.05, 4.69) is 10.3 Å². The monoisotopic (exact) mass is 408 g/mol. The zero-order valence-electron chi connectivity index (χ0n) is 16.6. The molecule has 1 aliphatic carbocycles. The second-order valence-electron chi connectivity index (χ2n) is 7.25. The van der Waals surface area contributed by atoms with Gasteiger partial charge in [0.05, 0.1) is 23.8 Å². The zero-order valence-corrected chi connectivity index (χ0v) is 17.4. The van der Waals surface area contributed by atoms with Gasteiger partial charge in [-0.25, -0.2) is 4.99 Å². The molecule has 29 heavy (non-hydrogen) atoms. The van der Waals surface area contributed by atoms with Crippen LogP contribution in [0.25, 0.3) is 6.08 Å². The Kier molecular flexibility index (Phi) is 5.90. The second-order valence-corrected chi connectivity index (χ2v) is 8.28. The normalized spacial score (nSPS) is 19.7. The van der Waals surface area contributed by atoms with Gasteiger partial charge >= 0.3 is 0 Å². The largest absolute Gasteiger partial charge is 0.493 e. The van der Waals surface area contributed by atoms with Gasteiger partial charge in [-0.1, -0.05) is 23.8 Å². The average Bonchev–Trinajstić information content (AvgIpc) is 3.34. The van der Waals surface area contributed by atoms with E-state index in [1.54, 1.807) is 7.11 Å². The number of nitrogens with zero attached hydrogens (tertiary/aromatic N) is 1. The topological polar surface area (TPSA) is 59.9 Å². The van der Waals surface area contributed by atoms with Crippen molar-refractivity contribution < 1.29 is 14.3 Å². The Morgan fingerprint density at radius 2 is 1.86 bits per heavy atom. The van der Waals surface area contributed by atoms with Gasteiger partial charge in [-0.2, -0.15) is 0 Å². The fourth-order valence-electron chi connectivity index (χ4n) is 3.43. The fraction of sp³-hybridized carbons (Fsp3) is 0.304. The summed E-state index contributed by atoms with van der Waals surface area (Å²) in [5.74, 6) is 1.29. The van der Waals surface area contributed by atoms with Crippen molar-refractivity contribution >= 4 is 34.6 Å². The number of carbonyl (C=O) groups is 1. The van der Waals surface area contributed by atoms with E-state index in [0.717, 1.165) is 29.8 Å². The molecule has 0 radical (unpaired) electrons. The molecule has 2 aromatic carbocycles. The second kappa shape index (κ2) is 8.74. The first-order valence-electron chi connectivity index (χ1n) is 9.82. The van der Waals surface area contributed by atoms with E-state index < -0.39 is 0 Å². The molecule has 0 unspecified atom stereocenters. The maximum atomic E-state index is 12.3. The van der Waals surface area contributed by atoms with Gasteiger partial charge in [0.2, 0.25) is 0 Å². The first-order valence-corrected chi connectivity index (χ1v) is 10.6. The van der Waals surface area contributed by atoms with Crippen LogP contribution in [0.15, 0.2) is 52.4 Å². The summed E-state index contributed by atoms with van der Waals surface area (Å²) in [7, 11) is 1.64. The molecule has 4 rings (SSSR count). The van der Waals surface area contributed by atoms with Crippen molar-refractivity contribution in [2.24, 2.45) is 4.99 Å². The summed E-state index contributed by atoms with van der Waals surface area (Å²) in [5.41, 5.74) is 2.87. The van der Waals surface area contributed by atoms with Crippen molar-refractivity contribution in [2.45, 2.75) is 38.7 Å². The zero-order chi connectivity index (χ0) is 20.2. The molecule has 1 aliphatic heterocycles. The lowest BCUT2D eigenvalue weighted by Gasteiger charge is -2.16. The third-order valence-corrected chi connectivity index (χ3v) is 5.91. The summed E-state index contributed by atoms with van der Waals surface area (Å²) >= 11 is 1.33. The minimum Gasteiger partial charge on any atom is -0.493 e. The highest BCUT2D eigenvalue weighted by Gasteiger charge is 2.24. The van der Waals surface area contributed by atoms with Crippen LogP contribution in [0.4, 0.5) is 5.69 Å². The predicted octanol–water partition coefficient (Wildman–Crippen LogP) is 5.22. The highest BCUT2D eigenvalue weighted by atomic mass is 32.2. The molecule has 0 atom stereocenters. The van der Waals surface area contributed by atoms with Gasteiger partial charge in [-0.05, 0) is 80.3 Å². The van der Waals surface area contributed by atoms with Gasteiger partial charge in [-0.15, -0.1) is 0 Å². The quantitative estimate of drug-likeness (QED) is 0.690.